The van der Waals surface area contributed by atoms with Crippen LogP contribution in [0.5, 0.6) is 0 Å². The Morgan fingerprint density at radius 3 is 2.60 bits per heavy atom. The predicted octanol–water partition coefficient (Wildman–Crippen LogP) is -0.840. The Kier molecular flexibility index (Phi) is 4.68. The van der Waals surface area contributed by atoms with Crippen LogP contribution in [0.25, 0.3) is 0 Å². The molecule has 25 heavy (non-hydrogen) atoms. The van der Waals surface area contributed by atoms with Crippen LogP contribution in [0.1, 0.15) is 11.1 Å². The van der Waals surface area contributed by atoms with E-state index in [1.165, 1.54) is 0 Å². The van der Waals surface area contributed by atoms with Gasteiger partial charge in [0.15, 0.2) is 5.60 Å². The Hall–Kier alpha value is -2.91. The number of carbonyl (C=O) groups is 1. The lowest BCUT2D eigenvalue weighted by atomic mass is 9.87. The molecule has 3 rings (SSSR count). The Balaban J connectivity index is 1.42. The maximum Gasteiger partial charge on any atom is 0.258 e. The topological polar surface area (TPSA) is 151 Å². The zero-order valence-electron chi connectivity index (χ0n) is 13.6. The number of hydrogen-bond donors (Lipinski definition) is 6. The summed E-state index contributed by atoms with van der Waals surface area (Å²) in [5.41, 5.74) is 12.1. The average Bonchev–Trinajstić information content (AvgIpc) is 2.61. The lowest BCUT2D eigenvalue weighted by Crippen LogP contribution is -2.62. The smallest absolute Gasteiger partial charge is 0.258 e. The van der Waals surface area contributed by atoms with Crippen molar-refractivity contribution < 1.29 is 9.90 Å². The second-order valence-corrected chi connectivity index (χ2v) is 5.86. The van der Waals surface area contributed by atoms with Gasteiger partial charge in [-0.2, -0.15) is 4.98 Å². The molecule has 9 heteroatoms. The molecule has 1 aromatic carbocycles. The van der Waals surface area contributed by atoms with Crippen molar-refractivity contribution in [1.82, 2.24) is 20.6 Å². The van der Waals surface area contributed by atoms with Crippen molar-refractivity contribution >= 4 is 23.4 Å². The van der Waals surface area contributed by atoms with Crippen molar-refractivity contribution in [3.05, 3.63) is 41.6 Å². The fourth-order valence-electron chi connectivity index (χ4n) is 2.51. The number of aliphatic hydroxyl groups is 1. The minimum absolute atomic E-state index is 0.162. The molecular formula is C16H21N7O2. The van der Waals surface area contributed by atoms with E-state index in [0.29, 0.717) is 31.0 Å². The van der Waals surface area contributed by atoms with Crippen molar-refractivity contribution in [3.8, 4) is 0 Å². The summed E-state index contributed by atoms with van der Waals surface area (Å²) in [6.07, 6.45) is 1.61. The number of nitrogen functional groups attached to an aromatic ring is 2. The molecule has 0 bridgehead atoms. The lowest BCUT2D eigenvalue weighted by Gasteiger charge is -2.36. The SMILES string of the molecule is Nc1ncc(CNCCNc2ccc(C3(O)CNC3=O)cc2)c(N)n1. The maximum absolute atomic E-state index is 11.4. The van der Waals surface area contributed by atoms with Crippen LogP contribution >= 0.6 is 0 Å². The van der Waals surface area contributed by atoms with Crippen molar-refractivity contribution in [2.24, 2.45) is 0 Å². The van der Waals surface area contributed by atoms with Gasteiger partial charge in [0.1, 0.15) is 5.82 Å². The largest absolute Gasteiger partial charge is 0.384 e. The molecule has 2 heterocycles. The number of hydrogen-bond acceptors (Lipinski definition) is 8. The zero-order chi connectivity index (χ0) is 17.9. The van der Waals surface area contributed by atoms with E-state index in [9.17, 15) is 9.90 Å². The van der Waals surface area contributed by atoms with Crippen LogP contribution in [-0.2, 0) is 16.9 Å². The molecule has 8 N–H and O–H groups in total. The number of nitrogens with two attached hydrogens (primary N) is 2. The summed E-state index contributed by atoms with van der Waals surface area (Å²) in [7, 11) is 0. The van der Waals surface area contributed by atoms with E-state index in [0.717, 1.165) is 11.3 Å². The van der Waals surface area contributed by atoms with Gasteiger partial charge in [-0.25, -0.2) is 4.98 Å². The molecule has 0 radical (unpaired) electrons. The van der Waals surface area contributed by atoms with Crippen LogP contribution in [0.4, 0.5) is 17.5 Å². The van der Waals surface area contributed by atoms with Gasteiger partial charge in [0.25, 0.3) is 5.91 Å². The number of rotatable bonds is 7. The summed E-state index contributed by atoms with van der Waals surface area (Å²) in [5.74, 6) is 0.181. The van der Waals surface area contributed by atoms with E-state index < -0.39 is 5.60 Å². The number of anilines is 3. The van der Waals surface area contributed by atoms with Gasteiger partial charge in [-0.15, -0.1) is 0 Å². The molecule has 1 amide bonds. The minimum Gasteiger partial charge on any atom is -0.384 e. The molecule has 1 aliphatic rings. The third kappa shape index (κ3) is 3.62. The Morgan fingerprint density at radius 1 is 1.24 bits per heavy atom. The molecule has 1 fully saturated rings. The third-order valence-electron chi connectivity index (χ3n) is 4.11. The zero-order valence-corrected chi connectivity index (χ0v) is 13.6. The number of nitrogens with zero attached hydrogens (tertiary/aromatic N) is 2. The predicted molar refractivity (Wildman–Crippen MR) is 94.4 cm³/mol. The van der Waals surface area contributed by atoms with Gasteiger partial charge in [0.05, 0.1) is 6.54 Å². The van der Waals surface area contributed by atoms with Crippen molar-refractivity contribution in [3.63, 3.8) is 0 Å². The monoisotopic (exact) mass is 343 g/mol. The second-order valence-electron chi connectivity index (χ2n) is 5.86. The molecular weight excluding hydrogens is 322 g/mol. The molecule has 1 unspecified atom stereocenters. The molecule has 2 aromatic rings. The first-order chi connectivity index (χ1) is 12.0. The number of benzene rings is 1. The van der Waals surface area contributed by atoms with Crippen LogP contribution in [0, 0.1) is 0 Å². The molecule has 1 saturated heterocycles. The minimum atomic E-state index is -1.39. The van der Waals surface area contributed by atoms with Crippen molar-refractivity contribution in [1.29, 1.82) is 0 Å². The van der Waals surface area contributed by atoms with E-state index in [2.05, 4.69) is 25.9 Å². The summed E-state index contributed by atoms with van der Waals surface area (Å²) in [6.45, 7) is 2.20. The number of amides is 1. The van der Waals surface area contributed by atoms with Crippen LogP contribution in [0.2, 0.25) is 0 Å². The Morgan fingerprint density at radius 2 is 2.00 bits per heavy atom. The van der Waals surface area contributed by atoms with Gasteiger partial charge < -0.3 is 32.5 Å². The van der Waals surface area contributed by atoms with Crippen molar-refractivity contribution in [2.75, 3.05) is 36.4 Å². The van der Waals surface area contributed by atoms with E-state index >= 15 is 0 Å². The van der Waals surface area contributed by atoms with Gasteiger partial charge in [0, 0.05) is 37.1 Å². The van der Waals surface area contributed by atoms with E-state index in [-0.39, 0.29) is 18.4 Å². The number of β-amino-alcohol motifs (C(OH)–C–C–N with tert-alkyl or cyclic N) is 1. The Labute approximate surface area is 144 Å². The first-order valence-corrected chi connectivity index (χ1v) is 7.92. The quantitative estimate of drug-likeness (QED) is 0.281. The molecule has 1 aromatic heterocycles. The maximum atomic E-state index is 11.4. The summed E-state index contributed by atoms with van der Waals surface area (Å²) in [4.78, 5) is 19.3. The van der Waals surface area contributed by atoms with Crippen LogP contribution < -0.4 is 27.4 Å². The van der Waals surface area contributed by atoms with Gasteiger partial charge in [-0.1, -0.05) is 12.1 Å². The first-order valence-electron chi connectivity index (χ1n) is 7.92. The second kappa shape index (κ2) is 6.91. The highest BCUT2D eigenvalue weighted by molar-refractivity contribution is 5.92. The Bertz CT molecular complexity index is 766. The van der Waals surface area contributed by atoms with Crippen LogP contribution in [0.15, 0.2) is 30.5 Å². The molecule has 9 nitrogen and oxygen atoms in total. The normalized spacial score (nSPS) is 19.2. The lowest BCUT2D eigenvalue weighted by molar-refractivity contribution is -0.153. The highest BCUT2D eigenvalue weighted by Crippen LogP contribution is 2.27. The van der Waals surface area contributed by atoms with Gasteiger partial charge >= 0.3 is 0 Å². The van der Waals surface area contributed by atoms with E-state index in [4.69, 9.17) is 11.5 Å². The number of carbonyl (C=O) groups excluding carboxylic acids is 1. The number of nitrogens with one attached hydrogen (secondary N) is 3. The fourth-order valence-corrected chi connectivity index (χ4v) is 2.51. The molecule has 0 saturated carbocycles. The first kappa shape index (κ1) is 16.9. The molecule has 0 spiro atoms. The van der Waals surface area contributed by atoms with Crippen molar-refractivity contribution in [2.45, 2.75) is 12.1 Å². The number of β-lactam (4-membered cyclic amide) rings is 1. The highest BCUT2D eigenvalue weighted by atomic mass is 16.3. The summed E-state index contributed by atoms with van der Waals surface area (Å²) in [5, 5.41) is 19.2. The summed E-state index contributed by atoms with van der Waals surface area (Å²) in [6, 6.07) is 7.18. The molecule has 132 valence electrons. The standard InChI is InChI=1S/C16H21N7O2/c17-13-10(8-21-15(18)23-13)7-19-5-6-20-12-3-1-11(2-4-12)16(25)9-22-14(16)24/h1-4,8,19-20,25H,5-7,9H2,(H,22,24)(H4,17,18,21,23). The highest BCUT2D eigenvalue weighted by Gasteiger charge is 2.45. The van der Waals surface area contributed by atoms with Gasteiger partial charge in [-0.05, 0) is 17.7 Å². The van der Waals surface area contributed by atoms with E-state index in [1.54, 1.807) is 18.3 Å². The van der Waals surface area contributed by atoms with Crippen LogP contribution in [0.3, 0.4) is 0 Å². The van der Waals surface area contributed by atoms with Gasteiger partial charge in [0.2, 0.25) is 5.95 Å². The third-order valence-corrected chi connectivity index (χ3v) is 4.11. The fraction of sp³-hybridized carbons (Fsp3) is 0.312. The van der Waals surface area contributed by atoms with E-state index in [1.807, 2.05) is 12.1 Å². The molecule has 1 aliphatic heterocycles. The van der Waals surface area contributed by atoms with Crippen LogP contribution in [-0.4, -0.2) is 40.6 Å². The summed E-state index contributed by atoms with van der Waals surface area (Å²) >= 11 is 0. The molecule has 0 aliphatic carbocycles. The average molecular weight is 343 g/mol. The summed E-state index contributed by atoms with van der Waals surface area (Å²) < 4.78 is 0. The van der Waals surface area contributed by atoms with Gasteiger partial charge in [-0.3, -0.25) is 4.79 Å². The molecule has 1 atom stereocenters. The number of aromatic nitrogens is 2.